The molecule has 4 aliphatic rings. The molecule has 11 heteroatoms. The number of oxime groups is 1. The van der Waals surface area contributed by atoms with Gasteiger partial charge >= 0.3 is 0 Å². The van der Waals surface area contributed by atoms with Gasteiger partial charge in [-0.2, -0.15) is 0 Å². The number of hydrogen-bond donors (Lipinski definition) is 2. The van der Waals surface area contributed by atoms with E-state index in [0.29, 0.717) is 18.6 Å². The van der Waals surface area contributed by atoms with Gasteiger partial charge < -0.3 is 15.1 Å². The second kappa shape index (κ2) is 10.9. The molecule has 0 spiro atoms. The summed E-state index contributed by atoms with van der Waals surface area (Å²) in [4.78, 5) is 48.1. The van der Waals surface area contributed by atoms with Crippen LogP contribution in [0.2, 0.25) is 0 Å². The number of likely N-dealkylation sites (tertiary alicyclic amines) is 1. The van der Waals surface area contributed by atoms with E-state index < -0.39 is 50.7 Å². The largest absolute Gasteiger partial charge is 0.390 e. The van der Waals surface area contributed by atoms with Gasteiger partial charge in [0.15, 0.2) is 0 Å². The predicted molar refractivity (Wildman–Crippen MR) is 166 cm³/mol. The Hall–Kier alpha value is -3.99. The molecule has 2 N–H and O–H groups in total. The third kappa shape index (κ3) is 5.65. The van der Waals surface area contributed by atoms with Crippen molar-refractivity contribution in [3.8, 4) is 11.1 Å². The van der Waals surface area contributed by atoms with Crippen LogP contribution in [-0.2, 0) is 29.2 Å². The summed E-state index contributed by atoms with van der Waals surface area (Å²) in [6.45, 7) is 9.75. The Balaban J connectivity index is 1.23. The smallest absolute Gasteiger partial charge is 0.259 e. The molecular formula is C33H38N4O6S. The average molecular weight is 619 g/mol. The lowest BCUT2D eigenvalue weighted by atomic mass is 9.91. The van der Waals surface area contributed by atoms with Crippen LogP contribution in [0.15, 0.2) is 66.3 Å². The van der Waals surface area contributed by atoms with Crippen LogP contribution < -0.4 is 10.0 Å². The molecule has 3 fully saturated rings. The minimum absolute atomic E-state index is 0.146. The number of hydrogen-bond acceptors (Lipinski definition) is 7. The zero-order valence-corrected chi connectivity index (χ0v) is 26.0. The molecule has 1 aliphatic heterocycles. The highest BCUT2D eigenvalue weighted by molar-refractivity contribution is 7.91. The Morgan fingerprint density at radius 2 is 1.64 bits per heavy atom. The summed E-state index contributed by atoms with van der Waals surface area (Å²) >= 11 is 0. The van der Waals surface area contributed by atoms with E-state index in [1.54, 1.807) is 6.08 Å². The number of rotatable bonds is 9. The second-order valence-corrected chi connectivity index (χ2v) is 15.4. The second-order valence-electron chi connectivity index (χ2n) is 13.5. The van der Waals surface area contributed by atoms with Gasteiger partial charge in [0.1, 0.15) is 23.4 Å². The van der Waals surface area contributed by atoms with Crippen LogP contribution in [0, 0.1) is 11.3 Å². The number of nitrogens with one attached hydrogen (secondary N) is 2. The van der Waals surface area contributed by atoms with E-state index in [2.05, 4.69) is 21.8 Å². The van der Waals surface area contributed by atoms with Crippen LogP contribution in [0.25, 0.3) is 11.1 Å². The van der Waals surface area contributed by atoms with Crippen molar-refractivity contribution in [3.05, 3.63) is 72.3 Å². The van der Waals surface area contributed by atoms with Crippen molar-refractivity contribution in [2.75, 3.05) is 6.54 Å². The van der Waals surface area contributed by atoms with Crippen LogP contribution in [0.1, 0.15) is 64.0 Å². The lowest BCUT2D eigenvalue weighted by molar-refractivity contribution is -0.141. The molecule has 2 aromatic carbocycles. The highest BCUT2D eigenvalue weighted by Crippen LogP contribution is 2.45. The first-order chi connectivity index (χ1) is 20.8. The maximum absolute atomic E-state index is 13.8. The SMILES string of the molecule is C=C[C@@H]1C[C@@]1(NC(=O)C1CC(ON=C2c3ccccc3-c3ccccc32)CN1C(=O)CC(C)(C)C)C(=O)NS(=O)(=O)C1CC1. The molecule has 2 saturated carbocycles. The third-order valence-corrected chi connectivity index (χ3v) is 10.6. The molecule has 0 aromatic heterocycles. The zero-order chi connectivity index (χ0) is 31.4. The molecule has 3 aliphatic carbocycles. The molecular weight excluding hydrogens is 580 g/mol. The lowest BCUT2D eigenvalue weighted by Crippen LogP contribution is -2.56. The summed E-state index contributed by atoms with van der Waals surface area (Å²) in [5.41, 5.74) is 2.94. The van der Waals surface area contributed by atoms with Gasteiger partial charge in [-0.3, -0.25) is 19.1 Å². The quantitative estimate of drug-likeness (QED) is 0.279. The summed E-state index contributed by atoms with van der Waals surface area (Å²) in [6.07, 6.45) is 2.57. The maximum atomic E-state index is 13.8. The normalized spacial score (nSPS) is 25.5. The summed E-state index contributed by atoms with van der Waals surface area (Å²) in [5, 5.41) is 6.78. The Labute approximate surface area is 258 Å². The predicted octanol–water partition coefficient (Wildman–Crippen LogP) is 3.51. The van der Waals surface area contributed by atoms with Gasteiger partial charge in [-0.15, -0.1) is 6.58 Å². The maximum Gasteiger partial charge on any atom is 0.259 e. The van der Waals surface area contributed by atoms with E-state index in [9.17, 15) is 22.8 Å². The number of amides is 3. The van der Waals surface area contributed by atoms with E-state index >= 15 is 0 Å². The van der Waals surface area contributed by atoms with Crippen molar-refractivity contribution in [2.24, 2.45) is 16.5 Å². The highest BCUT2D eigenvalue weighted by atomic mass is 32.2. The zero-order valence-electron chi connectivity index (χ0n) is 25.2. The number of carbonyl (C=O) groups excluding carboxylic acids is 3. The van der Waals surface area contributed by atoms with Crippen LogP contribution in [0.3, 0.4) is 0 Å². The summed E-state index contributed by atoms with van der Waals surface area (Å²) in [7, 11) is -3.81. The number of carbonyl (C=O) groups is 3. The number of fused-ring (bicyclic) bond motifs is 3. The summed E-state index contributed by atoms with van der Waals surface area (Å²) < 4.78 is 27.2. The first-order valence-corrected chi connectivity index (χ1v) is 16.6. The van der Waals surface area contributed by atoms with Gasteiger partial charge in [0.05, 0.1) is 11.8 Å². The summed E-state index contributed by atoms with van der Waals surface area (Å²) in [5.74, 6) is -1.95. The molecule has 3 amide bonds. The van der Waals surface area contributed by atoms with Crippen molar-refractivity contribution in [1.29, 1.82) is 0 Å². The number of sulfonamides is 1. The Morgan fingerprint density at radius 3 is 2.16 bits per heavy atom. The van der Waals surface area contributed by atoms with Gasteiger partial charge in [0.2, 0.25) is 21.8 Å². The fourth-order valence-electron chi connectivity index (χ4n) is 6.19. The Morgan fingerprint density at radius 1 is 1.05 bits per heavy atom. The van der Waals surface area contributed by atoms with Crippen LogP contribution >= 0.6 is 0 Å². The van der Waals surface area contributed by atoms with Crippen LogP contribution in [-0.4, -0.2) is 66.2 Å². The molecule has 6 rings (SSSR count). The Kier molecular flexibility index (Phi) is 7.42. The molecule has 4 atom stereocenters. The van der Waals surface area contributed by atoms with Gasteiger partial charge in [-0.1, -0.05) is 80.5 Å². The van der Waals surface area contributed by atoms with E-state index in [0.717, 1.165) is 22.3 Å². The molecule has 2 aromatic rings. The molecule has 0 radical (unpaired) electrons. The molecule has 0 bridgehead atoms. The van der Waals surface area contributed by atoms with Gasteiger partial charge in [-0.25, -0.2) is 8.42 Å². The van der Waals surface area contributed by atoms with Crippen LogP contribution in [0.5, 0.6) is 0 Å². The van der Waals surface area contributed by atoms with Crippen molar-refractivity contribution in [2.45, 2.75) is 75.8 Å². The number of benzene rings is 2. The highest BCUT2D eigenvalue weighted by Gasteiger charge is 2.62. The summed E-state index contributed by atoms with van der Waals surface area (Å²) in [6, 6.07) is 15.0. The first kappa shape index (κ1) is 30.1. The fourth-order valence-corrected chi connectivity index (χ4v) is 7.56. The van der Waals surface area contributed by atoms with E-state index in [1.807, 2.05) is 69.3 Å². The lowest BCUT2D eigenvalue weighted by Gasteiger charge is -2.28. The van der Waals surface area contributed by atoms with Gasteiger partial charge in [-0.05, 0) is 35.8 Å². The monoisotopic (exact) mass is 618 g/mol. The molecule has 1 saturated heterocycles. The minimum Gasteiger partial charge on any atom is -0.390 e. The van der Waals surface area contributed by atoms with Crippen molar-refractivity contribution in [1.82, 2.24) is 14.9 Å². The van der Waals surface area contributed by atoms with Crippen molar-refractivity contribution >= 4 is 33.5 Å². The number of nitrogens with zero attached hydrogens (tertiary/aromatic N) is 2. The molecule has 2 unspecified atom stereocenters. The Bertz CT molecular complexity index is 1630. The van der Waals surface area contributed by atoms with Gasteiger partial charge in [0, 0.05) is 29.9 Å². The molecule has 1 heterocycles. The topological polar surface area (TPSA) is 134 Å². The minimum atomic E-state index is -3.81. The molecule has 232 valence electrons. The average Bonchev–Trinajstić information content (AvgIpc) is 3.87. The van der Waals surface area contributed by atoms with Gasteiger partial charge in [0.25, 0.3) is 5.91 Å². The fraction of sp³-hybridized carbons (Fsp3) is 0.455. The first-order valence-electron chi connectivity index (χ1n) is 15.1. The van der Waals surface area contributed by atoms with Crippen LogP contribution in [0.4, 0.5) is 0 Å². The standard InChI is InChI=1S/C33H38N4O6S/c1-5-20-17-33(20,31(40)36-44(41,42)22-14-15-22)34-30(39)27-16-21(19-37(27)28(38)18-32(2,3)4)43-35-29-25-12-8-6-10-23(25)24-11-7-9-13-26(24)29/h5-13,20-22,27H,1,14-19H2,2-4H3,(H,34,39)(H,36,40)/t20-,21?,27?,33+/m1/s1. The van der Waals surface area contributed by atoms with Crippen molar-refractivity contribution in [3.63, 3.8) is 0 Å². The van der Waals surface area contributed by atoms with E-state index in [-0.39, 0.29) is 37.1 Å². The van der Waals surface area contributed by atoms with E-state index in [1.165, 1.54) is 4.90 Å². The van der Waals surface area contributed by atoms with E-state index in [4.69, 9.17) is 4.84 Å². The van der Waals surface area contributed by atoms with Crippen molar-refractivity contribution < 1.29 is 27.6 Å². The molecule has 10 nitrogen and oxygen atoms in total. The molecule has 44 heavy (non-hydrogen) atoms. The third-order valence-electron chi connectivity index (χ3n) is 8.76.